The average molecular weight is 518 g/mol. The maximum Gasteiger partial charge on any atom is 0.251 e. The Labute approximate surface area is 211 Å². The molecule has 8 nitrogen and oxygen atoms in total. The van der Waals surface area contributed by atoms with Crippen molar-refractivity contribution >= 4 is 34.0 Å². The van der Waals surface area contributed by atoms with Gasteiger partial charge in [-0.15, -0.1) is 11.3 Å². The highest BCUT2D eigenvalue weighted by Gasteiger charge is 2.24. The van der Waals surface area contributed by atoms with Gasteiger partial charge in [0.1, 0.15) is 22.5 Å². The monoisotopic (exact) mass is 517 g/mol. The fourth-order valence-electron chi connectivity index (χ4n) is 3.39. The molecule has 0 unspecified atom stereocenters. The molecule has 0 radical (unpaired) electrons. The number of aromatic nitrogens is 1. The van der Waals surface area contributed by atoms with Gasteiger partial charge in [-0.2, -0.15) is 0 Å². The van der Waals surface area contributed by atoms with E-state index in [0.29, 0.717) is 18.1 Å². The summed E-state index contributed by atoms with van der Waals surface area (Å²) in [6.45, 7) is 7.05. The molecular formula is C25H29F2N5O3S. The summed E-state index contributed by atoms with van der Waals surface area (Å²) in [6, 6.07) is 8.67. The average Bonchev–Trinajstić information content (AvgIpc) is 3.15. The third-order valence-corrected chi connectivity index (χ3v) is 6.15. The minimum absolute atomic E-state index is 0.0431. The second-order valence-corrected chi connectivity index (χ2v) is 10.1. The Morgan fingerprint density at radius 1 is 1.17 bits per heavy atom. The van der Waals surface area contributed by atoms with Crippen LogP contribution in [0.25, 0.3) is 10.4 Å². The standard InChI is InChI=1S/C25H29F2N5O3S/c1-13(2)30-21(33)12-29-11-15-6-5-7-20(31-15)32-24-16(23(28)34)10-19(36-24)22-17(26)8-14(9-18(22)27)25(3,4)35/h5-10,13,29,35H,11-12H2,1-4H3,(H2,28,34)(H,30,33)(H,31,32). The van der Waals surface area contributed by atoms with Crippen LogP contribution < -0.4 is 21.7 Å². The number of nitrogens with one attached hydrogen (secondary N) is 3. The van der Waals surface area contributed by atoms with Crippen molar-refractivity contribution in [1.29, 1.82) is 0 Å². The van der Waals surface area contributed by atoms with E-state index in [2.05, 4.69) is 20.9 Å². The van der Waals surface area contributed by atoms with Gasteiger partial charge in [-0.1, -0.05) is 6.07 Å². The second kappa shape index (κ2) is 11.1. The molecule has 2 aromatic heterocycles. The Kier molecular flexibility index (Phi) is 8.39. The molecule has 0 aliphatic rings. The van der Waals surface area contributed by atoms with Crippen LogP contribution in [0.15, 0.2) is 36.4 Å². The maximum absolute atomic E-state index is 14.9. The van der Waals surface area contributed by atoms with Crippen LogP contribution in [0, 0.1) is 11.6 Å². The van der Waals surface area contributed by atoms with E-state index in [1.807, 2.05) is 13.8 Å². The van der Waals surface area contributed by atoms with Crippen molar-refractivity contribution in [2.75, 3.05) is 11.9 Å². The van der Waals surface area contributed by atoms with Crippen LogP contribution in [-0.2, 0) is 16.9 Å². The molecule has 1 aromatic carbocycles. The van der Waals surface area contributed by atoms with E-state index in [0.717, 1.165) is 23.5 Å². The molecule has 0 saturated carbocycles. The Balaban J connectivity index is 1.83. The van der Waals surface area contributed by atoms with Crippen LogP contribution in [0.4, 0.5) is 19.6 Å². The van der Waals surface area contributed by atoms with Gasteiger partial charge in [-0.3, -0.25) is 9.59 Å². The van der Waals surface area contributed by atoms with E-state index in [4.69, 9.17) is 5.73 Å². The molecule has 0 aliphatic carbocycles. The summed E-state index contributed by atoms with van der Waals surface area (Å²) in [6.07, 6.45) is 0. The molecule has 0 bridgehead atoms. The number of halogens is 2. The van der Waals surface area contributed by atoms with E-state index in [1.165, 1.54) is 19.9 Å². The van der Waals surface area contributed by atoms with Crippen molar-refractivity contribution in [2.45, 2.75) is 45.9 Å². The summed E-state index contributed by atoms with van der Waals surface area (Å²) < 4.78 is 29.7. The highest BCUT2D eigenvalue weighted by Crippen LogP contribution is 2.40. The largest absolute Gasteiger partial charge is 0.386 e. The van der Waals surface area contributed by atoms with Crippen molar-refractivity contribution < 1.29 is 23.5 Å². The lowest BCUT2D eigenvalue weighted by Gasteiger charge is -2.18. The lowest BCUT2D eigenvalue weighted by Crippen LogP contribution is -2.37. The molecule has 0 saturated heterocycles. The van der Waals surface area contributed by atoms with E-state index in [1.54, 1.807) is 18.2 Å². The molecule has 0 spiro atoms. The lowest BCUT2D eigenvalue weighted by molar-refractivity contribution is -0.120. The molecular weight excluding hydrogens is 488 g/mol. The minimum atomic E-state index is -1.43. The van der Waals surface area contributed by atoms with Crippen LogP contribution in [0.3, 0.4) is 0 Å². The first-order valence-corrected chi connectivity index (χ1v) is 12.1. The number of pyridine rings is 1. The Morgan fingerprint density at radius 3 is 2.42 bits per heavy atom. The topological polar surface area (TPSA) is 129 Å². The fraction of sp³-hybridized carbons (Fsp3) is 0.320. The predicted molar refractivity (Wildman–Crippen MR) is 136 cm³/mol. The van der Waals surface area contributed by atoms with Gasteiger partial charge in [0.25, 0.3) is 5.91 Å². The number of amides is 2. The number of carbonyl (C=O) groups is 2. The summed E-state index contributed by atoms with van der Waals surface area (Å²) in [4.78, 5) is 28.4. The summed E-state index contributed by atoms with van der Waals surface area (Å²) in [5, 5.41) is 19.2. The summed E-state index contributed by atoms with van der Waals surface area (Å²) in [5.74, 6) is -2.27. The minimum Gasteiger partial charge on any atom is -0.386 e. The van der Waals surface area contributed by atoms with Crippen LogP contribution in [0.5, 0.6) is 0 Å². The van der Waals surface area contributed by atoms with E-state index >= 15 is 0 Å². The van der Waals surface area contributed by atoms with Crippen LogP contribution in [-0.4, -0.2) is 34.5 Å². The number of hydrogen-bond donors (Lipinski definition) is 5. The van der Waals surface area contributed by atoms with Crippen molar-refractivity contribution in [3.05, 3.63) is 64.9 Å². The van der Waals surface area contributed by atoms with E-state index in [9.17, 15) is 23.5 Å². The van der Waals surface area contributed by atoms with Crippen LogP contribution in [0.1, 0.15) is 49.3 Å². The fourth-order valence-corrected chi connectivity index (χ4v) is 4.51. The molecule has 0 aliphatic heterocycles. The molecule has 3 rings (SSSR count). The molecule has 2 heterocycles. The number of anilines is 2. The van der Waals surface area contributed by atoms with Gasteiger partial charge >= 0.3 is 0 Å². The number of thiophene rings is 1. The molecule has 36 heavy (non-hydrogen) atoms. The second-order valence-electron chi connectivity index (χ2n) is 9.06. The number of nitrogens with zero attached hydrogens (tertiary/aromatic N) is 1. The summed E-state index contributed by atoms with van der Waals surface area (Å²) in [5.41, 5.74) is 4.53. The van der Waals surface area contributed by atoms with Gasteiger partial charge in [-0.25, -0.2) is 13.8 Å². The summed E-state index contributed by atoms with van der Waals surface area (Å²) in [7, 11) is 0. The molecule has 192 valence electrons. The number of nitrogens with two attached hydrogens (primary N) is 1. The zero-order valence-corrected chi connectivity index (χ0v) is 21.2. The normalized spacial score (nSPS) is 11.6. The number of rotatable bonds is 10. The predicted octanol–water partition coefficient (Wildman–Crippen LogP) is 3.77. The third-order valence-electron chi connectivity index (χ3n) is 5.08. The lowest BCUT2D eigenvalue weighted by atomic mass is 9.96. The van der Waals surface area contributed by atoms with Crippen molar-refractivity contribution in [2.24, 2.45) is 5.73 Å². The van der Waals surface area contributed by atoms with Crippen molar-refractivity contribution in [3.8, 4) is 10.4 Å². The quantitative estimate of drug-likeness (QED) is 0.278. The number of benzene rings is 1. The van der Waals surface area contributed by atoms with Crippen molar-refractivity contribution in [3.63, 3.8) is 0 Å². The molecule has 0 atom stereocenters. The Bertz CT molecular complexity index is 1250. The van der Waals surface area contributed by atoms with Crippen LogP contribution in [0.2, 0.25) is 0 Å². The smallest absolute Gasteiger partial charge is 0.251 e. The summed E-state index contributed by atoms with van der Waals surface area (Å²) >= 11 is 0.948. The van der Waals surface area contributed by atoms with Gasteiger partial charge in [0.2, 0.25) is 5.91 Å². The molecule has 6 N–H and O–H groups in total. The zero-order chi connectivity index (χ0) is 26.6. The van der Waals surface area contributed by atoms with Crippen LogP contribution >= 0.6 is 11.3 Å². The van der Waals surface area contributed by atoms with Gasteiger partial charge in [0.15, 0.2) is 0 Å². The molecule has 2 amide bonds. The number of aliphatic hydroxyl groups is 1. The molecule has 3 aromatic rings. The Morgan fingerprint density at radius 2 is 1.83 bits per heavy atom. The van der Waals surface area contributed by atoms with E-state index in [-0.39, 0.29) is 45.1 Å². The van der Waals surface area contributed by atoms with E-state index < -0.39 is 23.1 Å². The zero-order valence-electron chi connectivity index (χ0n) is 20.4. The molecule has 11 heteroatoms. The van der Waals surface area contributed by atoms with Crippen molar-refractivity contribution in [1.82, 2.24) is 15.6 Å². The Hall–Kier alpha value is -3.41. The SMILES string of the molecule is CC(C)NC(=O)CNCc1cccc(Nc2sc(-c3c(F)cc(C(C)(C)O)cc3F)cc2C(N)=O)n1. The highest BCUT2D eigenvalue weighted by atomic mass is 32.1. The highest BCUT2D eigenvalue weighted by molar-refractivity contribution is 7.20. The van der Waals surface area contributed by atoms with Gasteiger partial charge in [0, 0.05) is 17.5 Å². The number of primary amides is 1. The number of hydrogen-bond acceptors (Lipinski definition) is 7. The third kappa shape index (κ3) is 6.84. The number of carbonyl (C=O) groups excluding carboxylic acids is 2. The van der Waals surface area contributed by atoms with Gasteiger partial charge in [-0.05, 0) is 63.6 Å². The first-order chi connectivity index (χ1) is 16.8. The van der Waals surface area contributed by atoms with Gasteiger partial charge < -0.3 is 26.8 Å². The van der Waals surface area contributed by atoms with Gasteiger partial charge in [0.05, 0.1) is 29.0 Å². The first-order valence-electron chi connectivity index (χ1n) is 11.2. The first kappa shape index (κ1) is 27.2. The molecule has 0 fully saturated rings. The maximum atomic E-state index is 14.9.